The number of rotatable bonds is 6. The van der Waals surface area contributed by atoms with Crippen molar-refractivity contribution in [1.82, 2.24) is 5.48 Å². The summed E-state index contributed by atoms with van der Waals surface area (Å²) in [6, 6.07) is 0. The fraction of sp³-hybridized carbons (Fsp3) is 0.889. The highest BCUT2D eigenvalue weighted by Crippen LogP contribution is 2.16. The first kappa shape index (κ1) is 11.4. The molecule has 0 aromatic heterocycles. The molecule has 0 radical (unpaired) electrons. The van der Waals surface area contributed by atoms with Crippen LogP contribution in [0.3, 0.4) is 0 Å². The third-order valence-electron chi connectivity index (χ3n) is 1.99. The summed E-state index contributed by atoms with van der Waals surface area (Å²) >= 11 is 0. The van der Waals surface area contributed by atoms with Crippen LogP contribution in [-0.2, 0) is 4.79 Å². The molecule has 0 saturated heterocycles. The minimum Gasteiger partial charge on any atom is -0.289 e. The van der Waals surface area contributed by atoms with Crippen molar-refractivity contribution in [1.29, 1.82) is 0 Å². The van der Waals surface area contributed by atoms with Gasteiger partial charge in [-0.2, -0.15) is 0 Å². The average Bonchev–Trinajstić information content (AvgIpc) is 2.05. The van der Waals surface area contributed by atoms with Gasteiger partial charge in [-0.1, -0.05) is 39.5 Å². The van der Waals surface area contributed by atoms with E-state index in [1.165, 1.54) is 0 Å². The molecular formula is C9H19NO2. The molecule has 12 heavy (non-hydrogen) atoms. The molecule has 0 unspecified atom stereocenters. The molecule has 0 spiro atoms. The fourth-order valence-corrected chi connectivity index (χ4v) is 1.47. The quantitative estimate of drug-likeness (QED) is 0.477. The molecule has 0 rings (SSSR count). The van der Waals surface area contributed by atoms with Crippen molar-refractivity contribution in [3.05, 3.63) is 0 Å². The zero-order valence-electron chi connectivity index (χ0n) is 7.97. The molecule has 2 N–H and O–H groups in total. The highest BCUT2D eigenvalue weighted by molar-refractivity contribution is 5.74. The van der Waals surface area contributed by atoms with Crippen LogP contribution in [0.2, 0.25) is 0 Å². The Morgan fingerprint density at radius 3 is 2.17 bits per heavy atom. The summed E-state index contributed by atoms with van der Waals surface area (Å²) in [5, 5.41) is 8.32. The zero-order valence-corrected chi connectivity index (χ0v) is 7.97. The number of amides is 1. The number of hydrogen-bond donors (Lipinski definition) is 2. The van der Waals surface area contributed by atoms with Gasteiger partial charge in [0.05, 0.1) is 0 Å². The number of nitrogens with one attached hydrogen (secondary N) is 1. The highest BCUT2D eigenvalue weighted by Gasteiger charge is 2.11. The predicted octanol–water partition coefficient (Wildman–Crippen LogP) is 2.10. The van der Waals surface area contributed by atoms with Gasteiger partial charge >= 0.3 is 0 Å². The lowest BCUT2D eigenvalue weighted by Gasteiger charge is -2.12. The molecule has 0 aliphatic carbocycles. The third-order valence-corrected chi connectivity index (χ3v) is 1.99. The summed E-state index contributed by atoms with van der Waals surface area (Å²) < 4.78 is 0. The van der Waals surface area contributed by atoms with E-state index in [1.807, 2.05) is 0 Å². The van der Waals surface area contributed by atoms with Crippen LogP contribution >= 0.6 is 0 Å². The van der Waals surface area contributed by atoms with Gasteiger partial charge in [0.15, 0.2) is 0 Å². The Balaban J connectivity index is 3.68. The van der Waals surface area contributed by atoms with E-state index in [1.54, 1.807) is 5.48 Å². The summed E-state index contributed by atoms with van der Waals surface area (Å²) in [6.07, 6.45) is 4.80. The summed E-state index contributed by atoms with van der Waals surface area (Å²) in [5.41, 5.74) is 1.67. The molecule has 0 aromatic carbocycles. The SMILES string of the molecule is CCCC(CCC)CC(=O)NO. The van der Waals surface area contributed by atoms with Crippen molar-refractivity contribution >= 4 is 5.91 Å². The van der Waals surface area contributed by atoms with E-state index in [4.69, 9.17) is 5.21 Å². The maximum Gasteiger partial charge on any atom is 0.243 e. The number of hydroxylamine groups is 1. The maximum absolute atomic E-state index is 10.8. The van der Waals surface area contributed by atoms with E-state index in [0.717, 1.165) is 25.7 Å². The second-order valence-electron chi connectivity index (χ2n) is 3.18. The Bertz CT molecular complexity index is 120. The number of carbonyl (C=O) groups excluding carboxylic acids is 1. The lowest BCUT2D eigenvalue weighted by molar-refractivity contribution is -0.130. The van der Waals surface area contributed by atoms with Gasteiger partial charge in [-0.25, -0.2) is 5.48 Å². The van der Waals surface area contributed by atoms with E-state index in [-0.39, 0.29) is 5.91 Å². The largest absolute Gasteiger partial charge is 0.289 e. The first-order valence-corrected chi connectivity index (χ1v) is 4.67. The molecule has 0 aliphatic heterocycles. The second kappa shape index (κ2) is 7.10. The van der Waals surface area contributed by atoms with E-state index in [2.05, 4.69) is 13.8 Å². The van der Waals surface area contributed by atoms with Gasteiger partial charge in [0.1, 0.15) is 0 Å². The summed E-state index contributed by atoms with van der Waals surface area (Å²) in [4.78, 5) is 10.8. The van der Waals surface area contributed by atoms with E-state index in [0.29, 0.717) is 12.3 Å². The van der Waals surface area contributed by atoms with Gasteiger partial charge in [-0.15, -0.1) is 0 Å². The third kappa shape index (κ3) is 5.13. The lowest BCUT2D eigenvalue weighted by atomic mass is 9.95. The summed E-state index contributed by atoms with van der Waals surface area (Å²) in [5.74, 6) is 0.175. The molecule has 0 heterocycles. The molecular weight excluding hydrogens is 154 g/mol. The molecule has 3 heteroatoms. The van der Waals surface area contributed by atoms with Crippen LogP contribution in [0.15, 0.2) is 0 Å². The zero-order chi connectivity index (χ0) is 9.40. The topological polar surface area (TPSA) is 49.3 Å². The fourth-order valence-electron chi connectivity index (χ4n) is 1.47. The van der Waals surface area contributed by atoms with Crippen molar-refractivity contribution in [3.8, 4) is 0 Å². The molecule has 1 amide bonds. The molecule has 0 aliphatic rings. The molecule has 0 saturated carbocycles. The maximum atomic E-state index is 10.8. The molecule has 0 atom stereocenters. The number of carbonyl (C=O) groups is 1. The molecule has 72 valence electrons. The van der Waals surface area contributed by atoms with Crippen LogP contribution < -0.4 is 5.48 Å². The van der Waals surface area contributed by atoms with Gasteiger partial charge in [-0.3, -0.25) is 10.0 Å². The van der Waals surface area contributed by atoms with Crippen LogP contribution in [-0.4, -0.2) is 11.1 Å². The van der Waals surface area contributed by atoms with Gasteiger partial charge in [-0.05, 0) is 5.92 Å². The van der Waals surface area contributed by atoms with Crippen molar-refractivity contribution < 1.29 is 10.0 Å². The van der Waals surface area contributed by atoms with E-state index < -0.39 is 0 Å². The number of hydrogen-bond acceptors (Lipinski definition) is 2. The van der Waals surface area contributed by atoms with Crippen molar-refractivity contribution in [2.75, 3.05) is 0 Å². The smallest absolute Gasteiger partial charge is 0.243 e. The first-order valence-electron chi connectivity index (χ1n) is 4.67. The Labute approximate surface area is 74.1 Å². The lowest BCUT2D eigenvalue weighted by Crippen LogP contribution is -2.21. The minimum atomic E-state index is -0.262. The Hall–Kier alpha value is -0.570. The van der Waals surface area contributed by atoms with Crippen LogP contribution in [0.5, 0.6) is 0 Å². The van der Waals surface area contributed by atoms with Gasteiger partial charge < -0.3 is 0 Å². The van der Waals surface area contributed by atoms with E-state index >= 15 is 0 Å². The Kier molecular flexibility index (Phi) is 6.76. The Morgan fingerprint density at radius 1 is 1.33 bits per heavy atom. The van der Waals surface area contributed by atoms with Crippen molar-refractivity contribution in [3.63, 3.8) is 0 Å². The molecule has 0 aromatic rings. The minimum absolute atomic E-state index is 0.262. The van der Waals surface area contributed by atoms with Gasteiger partial charge in [0.2, 0.25) is 5.91 Å². The highest BCUT2D eigenvalue weighted by atomic mass is 16.5. The monoisotopic (exact) mass is 173 g/mol. The van der Waals surface area contributed by atoms with E-state index in [9.17, 15) is 4.79 Å². The summed E-state index contributed by atoms with van der Waals surface area (Å²) in [7, 11) is 0. The first-order chi connectivity index (χ1) is 5.74. The van der Waals surface area contributed by atoms with Crippen LogP contribution in [0, 0.1) is 5.92 Å². The molecule has 0 fully saturated rings. The van der Waals surface area contributed by atoms with Crippen molar-refractivity contribution in [2.45, 2.75) is 46.0 Å². The van der Waals surface area contributed by atoms with Crippen LogP contribution in [0.1, 0.15) is 46.0 Å². The van der Waals surface area contributed by atoms with Crippen LogP contribution in [0.4, 0.5) is 0 Å². The molecule has 0 bridgehead atoms. The van der Waals surface area contributed by atoms with Gasteiger partial charge in [0.25, 0.3) is 0 Å². The second-order valence-corrected chi connectivity index (χ2v) is 3.18. The normalized spacial score (nSPS) is 10.3. The van der Waals surface area contributed by atoms with Crippen molar-refractivity contribution in [2.24, 2.45) is 5.92 Å². The van der Waals surface area contributed by atoms with Crippen LogP contribution in [0.25, 0.3) is 0 Å². The van der Waals surface area contributed by atoms with Gasteiger partial charge in [0, 0.05) is 6.42 Å². The summed E-state index contributed by atoms with van der Waals surface area (Å²) in [6.45, 7) is 4.22. The molecule has 3 nitrogen and oxygen atoms in total. The predicted molar refractivity (Wildman–Crippen MR) is 47.9 cm³/mol. The average molecular weight is 173 g/mol. The Morgan fingerprint density at radius 2 is 1.83 bits per heavy atom. The standard InChI is InChI=1S/C9H19NO2/c1-3-5-8(6-4-2)7-9(11)10-12/h8,12H,3-7H2,1-2H3,(H,10,11).